The molecule has 1 saturated carbocycles. The van der Waals surface area contributed by atoms with Gasteiger partial charge in [-0.2, -0.15) is 4.98 Å². The van der Waals surface area contributed by atoms with Gasteiger partial charge in [-0.25, -0.2) is 4.98 Å². The van der Waals surface area contributed by atoms with Crippen LogP contribution in [0.3, 0.4) is 0 Å². The molecule has 1 aliphatic rings. The Morgan fingerprint density at radius 1 is 1.21 bits per heavy atom. The van der Waals surface area contributed by atoms with Crippen LogP contribution in [0.4, 0.5) is 5.95 Å². The number of nitrogens with zero attached hydrogens (tertiary/aromatic N) is 2. The fraction of sp³-hybridized carbons (Fsp3) is 0.733. The standard InChI is InChI=1S/C15H25N3O/c1-10(2)19-14-5-6-16-15(18-14)17-13-8-11(3)7-12(4)9-13/h5-6,10-13H,7-9H2,1-4H3,(H,16,17,18). The molecule has 2 atom stereocenters. The van der Waals surface area contributed by atoms with Gasteiger partial charge in [-0.15, -0.1) is 0 Å². The van der Waals surface area contributed by atoms with Gasteiger partial charge in [0.15, 0.2) is 0 Å². The smallest absolute Gasteiger partial charge is 0.226 e. The van der Waals surface area contributed by atoms with Gasteiger partial charge in [0, 0.05) is 18.3 Å². The number of nitrogens with one attached hydrogen (secondary N) is 1. The summed E-state index contributed by atoms with van der Waals surface area (Å²) in [6, 6.07) is 2.28. The van der Waals surface area contributed by atoms with Gasteiger partial charge in [-0.1, -0.05) is 13.8 Å². The molecule has 1 aromatic rings. The van der Waals surface area contributed by atoms with Crippen LogP contribution >= 0.6 is 0 Å². The molecule has 1 fully saturated rings. The molecule has 0 saturated heterocycles. The zero-order valence-electron chi connectivity index (χ0n) is 12.4. The van der Waals surface area contributed by atoms with Gasteiger partial charge in [0.2, 0.25) is 11.8 Å². The number of aromatic nitrogens is 2. The van der Waals surface area contributed by atoms with Gasteiger partial charge in [0.05, 0.1) is 6.10 Å². The molecule has 4 nitrogen and oxygen atoms in total. The Morgan fingerprint density at radius 3 is 2.53 bits per heavy atom. The lowest BCUT2D eigenvalue weighted by atomic mass is 9.80. The van der Waals surface area contributed by atoms with Crippen LogP contribution in [-0.4, -0.2) is 22.1 Å². The van der Waals surface area contributed by atoms with E-state index in [0.29, 0.717) is 17.9 Å². The maximum absolute atomic E-state index is 5.60. The Balaban J connectivity index is 1.98. The molecule has 2 unspecified atom stereocenters. The molecule has 1 N–H and O–H groups in total. The van der Waals surface area contributed by atoms with Gasteiger partial charge < -0.3 is 10.1 Å². The molecule has 4 heteroatoms. The Kier molecular flexibility index (Phi) is 4.61. The summed E-state index contributed by atoms with van der Waals surface area (Å²) in [6.45, 7) is 8.65. The average molecular weight is 263 g/mol. The van der Waals surface area contributed by atoms with E-state index in [9.17, 15) is 0 Å². The number of anilines is 1. The van der Waals surface area contributed by atoms with E-state index < -0.39 is 0 Å². The maximum Gasteiger partial charge on any atom is 0.226 e. The van der Waals surface area contributed by atoms with Crippen LogP contribution in [0.15, 0.2) is 12.3 Å². The molecule has 0 bridgehead atoms. The van der Waals surface area contributed by atoms with E-state index in [1.807, 2.05) is 13.8 Å². The number of hydrogen-bond donors (Lipinski definition) is 1. The Bertz CT molecular complexity index is 398. The normalized spacial score (nSPS) is 27.3. The van der Waals surface area contributed by atoms with Crippen molar-refractivity contribution in [3.63, 3.8) is 0 Å². The maximum atomic E-state index is 5.60. The zero-order chi connectivity index (χ0) is 13.8. The first-order valence-electron chi connectivity index (χ1n) is 7.29. The van der Waals surface area contributed by atoms with Crippen molar-refractivity contribution in [3.8, 4) is 5.88 Å². The highest BCUT2D eigenvalue weighted by Gasteiger charge is 2.24. The van der Waals surface area contributed by atoms with E-state index in [1.54, 1.807) is 12.3 Å². The van der Waals surface area contributed by atoms with Crippen LogP contribution < -0.4 is 10.1 Å². The molecule has 0 amide bonds. The average Bonchev–Trinajstić information content (AvgIpc) is 2.26. The molecule has 0 aromatic carbocycles. The van der Waals surface area contributed by atoms with Crippen molar-refractivity contribution in [2.45, 2.75) is 59.1 Å². The van der Waals surface area contributed by atoms with E-state index in [4.69, 9.17) is 4.74 Å². The molecule has 0 radical (unpaired) electrons. The Labute approximate surface area is 116 Å². The van der Waals surface area contributed by atoms with Crippen molar-refractivity contribution >= 4 is 5.95 Å². The van der Waals surface area contributed by atoms with Crippen molar-refractivity contribution < 1.29 is 4.74 Å². The zero-order valence-corrected chi connectivity index (χ0v) is 12.4. The topological polar surface area (TPSA) is 47.0 Å². The fourth-order valence-electron chi connectivity index (χ4n) is 2.97. The summed E-state index contributed by atoms with van der Waals surface area (Å²) in [5.74, 6) is 2.88. The number of ether oxygens (including phenoxy) is 1. The molecule has 19 heavy (non-hydrogen) atoms. The summed E-state index contributed by atoms with van der Waals surface area (Å²) in [5, 5.41) is 3.45. The molecule has 0 spiro atoms. The minimum Gasteiger partial charge on any atom is -0.475 e. The second-order valence-electron chi connectivity index (χ2n) is 6.14. The first-order chi connectivity index (χ1) is 9.02. The summed E-state index contributed by atoms with van der Waals surface area (Å²) < 4.78 is 5.60. The predicted molar refractivity (Wildman–Crippen MR) is 77.4 cm³/mol. The highest BCUT2D eigenvalue weighted by atomic mass is 16.5. The quantitative estimate of drug-likeness (QED) is 0.903. The monoisotopic (exact) mass is 263 g/mol. The predicted octanol–water partition coefficient (Wildman–Crippen LogP) is 3.50. The minimum atomic E-state index is 0.137. The second-order valence-corrected chi connectivity index (χ2v) is 6.14. The van der Waals surface area contributed by atoms with E-state index in [1.165, 1.54) is 19.3 Å². The third kappa shape index (κ3) is 4.37. The third-order valence-corrected chi connectivity index (χ3v) is 3.50. The van der Waals surface area contributed by atoms with Gasteiger partial charge in [-0.05, 0) is 44.9 Å². The number of hydrogen-bond acceptors (Lipinski definition) is 4. The van der Waals surface area contributed by atoms with Crippen molar-refractivity contribution in [2.75, 3.05) is 5.32 Å². The lowest BCUT2D eigenvalue weighted by molar-refractivity contribution is 0.232. The van der Waals surface area contributed by atoms with E-state index >= 15 is 0 Å². The summed E-state index contributed by atoms with van der Waals surface area (Å²) in [6.07, 6.45) is 5.61. The van der Waals surface area contributed by atoms with Crippen molar-refractivity contribution in [3.05, 3.63) is 12.3 Å². The summed E-state index contributed by atoms with van der Waals surface area (Å²) in [4.78, 5) is 8.70. The third-order valence-electron chi connectivity index (χ3n) is 3.50. The van der Waals surface area contributed by atoms with E-state index in [0.717, 1.165) is 11.8 Å². The molecule has 1 aliphatic carbocycles. The molecular weight excluding hydrogens is 238 g/mol. The van der Waals surface area contributed by atoms with Crippen LogP contribution in [-0.2, 0) is 0 Å². The first-order valence-corrected chi connectivity index (χ1v) is 7.29. The van der Waals surface area contributed by atoms with Crippen LogP contribution in [0.5, 0.6) is 5.88 Å². The largest absolute Gasteiger partial charge is 0.475 e. The lowest BCUT2D eigenvalue weighted by Gasteiger charge is -2.31. The molecule has 106 valence electrons. The van der Waals surface area contributed by atoms with Gasteiger partial charge in [0.25, 0.3) is 0 Å². The summed E-state index contributed by atoms with van der Waals surface area (Å²) in [7, 11) is 0. The van der Waals surface area contributed by atoms with Crippen LogP contribution in [0, 0.1) is 11.8 Å². The van der Waals surface area contributed by atoms with Crippen molar-refractivity contribution in [1.82, 2.24) is 9.97 Å². The Morgan fingerprint density at radius 2 is 1.89 bits per heavy atom. The summed E-state index contributed by atoms with van der Waals surface area (Å²) >= 11 is 0. The highest BCUT2D eigenvalue weighted by Crippen LogP contribution is 2.30. The molecule has 1 heterocycles. The van der Waals surface area contributed by atoms with Gasteiger partial charge in [0.1, 0.15) is 0 Å². The van der Waals surface area contributed by atoms with E-state index in [-0.39, 0.29) is 6.10 Å². The van der Waals surface area contributed by atoms with Gasteiger partial charge in [-0.3, -0.25) is 0 Å². The van der Waals surface area contributed by atoms with Gasteiger partial charge >= 0.3 is 0 Å². The highest BCUT2D eigenvalue weighted by molar-refractivity contribution is 5.29. The number of rotatable bonds is 4. The van der Waals surface area contributed by atoms with Crippen LogP contribution in [0.1, 0.15) is 47.0 Å². The van der Waals surface area contributed by atoms with Crippen LogP contribution in [0.2, 0.25) is 0 Å². The molecule has 1 aromatic heterocycles. The molecule has 0 aliphatic heterocycles. The van der Waals surface area contributed by atoms with Crippen LogP contribution in [0.25, 0.3) is 0 Å². The first kappa shape index (κ1) is 14.1. The SMILES string of the molecule is CC1CC(C)CC(Nc2nccc(OC(C)C)n2)C1. The molecular formula is C15H25N3O. The Hall–Kier alpha value is -1.32. The second kappa shape index (κ2) is 6.22. The fourth-order valence-corrected chi connectivity index (χ4v) is 2.97. The molecule has 2 rings (SSSR count). The van der Waals surface area contributed by atoms with Crippen molar-refractivity contribution in [2.24, 2.45) is 11.8 Å². The summed E-state index contributed by atoms with van der Waals surface area (Å²) in [5.41, 5.74) is 0. The van der Waals surface area contributed by atoms with E-state index in [2.05, 4.69) is 29.1 Å². The lowest BCUT2D eigenvalue weighted by Crippen LogP contribution is -2.30. The minimum absolute atomic E-state index is 0.137. The van der Waals surface area contributed by atoms with Crippen molar-refractivity contribution in [1.29, 1.82) is 0 Å².